The minimum atomic E-state index is -2.77. The first kappa shape index (κ1) is 34.3. The van der Waals surface area contributed by atoms with Gasteiger partial charge >= 0.3 is 0 Å². The number of anilines is 2. The van der Waals surface area contributed by atoms with Gasteiger partial charge in [0, 0.05) is 22.6 Å². The van der Waals surface area contributed by atoms with E-state index >= 15 is 8.78 Å². The van der Waals surface area contributed by atoms with Crippen LogP contribution in [-0.2, 0) is 19.2 Å². The van der Waals surface area contributed by atoms with Gasteiger partial charge in [0.15, 0.2) is 33.0 Å². The van der Waals surface area contributed by atoms with Crippen LogP contribution >= 0.6 is 34.8 Å². The molecule has 16 heteroatoms. The maximum Gasteiger partial charge on any atom is 0.258 e. The molecule has 0 spiro atoms. The number of amides is 4. The van der Waals surface area contributed by atoms with Crippen molar-refractivity contribution in [2.75, 3.05) is 16.9 Å². The largest absolute Gasteiger partial charge is 0.508 e. The summed E-state index contributed by atoms with van der Waals surface area (Å²) in [5.74, 6) is -22.4. The zero-order valence-corrected chi connectivity index (χ0v) is 27.9. The van der Waals surface area contributed by atoms with Crippen molar-refractivity contribution in [1.29, 1.82) is 0 Å². The van der Waals surface area contributed by atoms with Crippen molar-refractivity contribution >= 4 is 69.8 Å². The Morgan fingerprint density at radius 2 is 1.48 bits per heavy atom. The number of carbonyl (C=O) groups excluding carboxylic acids is 4. The van der Waals surface area contributed by atoms with Crippen molar-refractivity contribution in [3.05, 3.63) is 93.3 Å². The van der Waals surface area contributed by atoms with Crippen LogP contribution in [0.5, 0.6) is 11.5 Å². The number of halogens is 8. The van der Waals surface area contributed by atoms with Crippen LogP contribution in [0.4, 0.5) is 33.3 Å². The highest BCUT2D eigenvalue weighted by Gasteiger charge is 2.77. The van der Waals surface area contributed by atoms with Gasteiger partial charge in [-0.2, -0.15) is 0 Å². The molecule has 2 saturated heterocycles. The average Bonchev–Trinajstić information content (AvgIpc) is 3.42. The second-order valence-electron chi connectivity index (χ2n) is 12.6. The fourth-order valence-corrected chi connectivity index (χ4v) is 8.88. The molecule has 2 heterocycles. The van der Waals surface area contributed by atoms with E-state index in [1.807, 2.05) is 0 Å². The molecule has 1 saturated carbocycles. The molecule has 4 aliphatic rings. The van der Waals surface area contributed by atoms with Crippen LogP contribution in [0.3, 0.4) is 0 Å². The highest BCUT2D eigenvalue weighted by molar-refractivity contribution is 6.58. The minimum Gasteiger partial charge on any atom is -0.508 e. The highest BCUT2D eigenvalue weighted by Crippen LogP contribution is 2.67. The SMILES string of the molecule is COc1ccc(C2C3=CCC4C(=O)N(c5ccc(C)c(Cl)c5)C(=O)C4C3CC3(Cl)C(=O)N(c4c(F)c(F)c(F)c(F)c4F)C(=O)C23Cl)c(O)c1. The highest BCUT2D eigenvalue weighted by atomic mass is 35.5. The number of imide groups is 2. The molecule has 2 aliphatic carbocycles. The van der Waals surface area contributed by atoms with Gasteiger partial charge in [0.1, 0.15) is 17.2 Å². The van der Waals surface area contributed by atoms with Crippen molar-refractivity contribution in [3.63, 3.8) is 0 Å². The number of carbonyl (C=O) groups is 4. The monoisotopic (exact) mass is 754 g/mol. The summed E-state index contributed by atoms with van der Waals surface area (Å²) in [4.78, 5) is 51.8. The Morgan fingerprint density at radius 1 is 0.840 bits per heavy atom. The Balaban J connectivity index is 1.44. The maximum absolute atomic E-state index is 15.2. The summed E-state index contributed by atoms with van der Waals surface area (Å²) < 4.78 is 78.4. The van der Waals surface area contributed by atoms with E-state index in [0.717, 1.165) is 11.0 Å². The maximum atomic E-state index is 15.2. The van der Waals surface area contributed by atoms with E-state index < -0.39 is 104 Å². The lowest BCUT2D eigenvalue weighted by atomic mass is 9.56. The van der Waals surface area contributed by atoms with Gasteiger partial charge in [-0.1, -0.05) is 35.4 Å². The van der Waals surface area contributed by atoms with Gasteiger partial charge in [-0.25, -0.2) is 31.8 Å². The van der Waals surface area contributed by atoms with Crippen LogP contribution in [0.15, 0.2) is 48.0 Å². The summed E-state index contributed by atoms with van der Waals surface area (Å²) in [6.07, 6.45) is 0.767. The van der Waals surface area contributed by atoms with Crippen molar-refractivity contribution in [1.82, 2.24) is 0 Å². The fraction of sp³-hybridized carbons (Fsp3) is 0.294. The summed E-state index contributed by atoms with van der Waals surface area (Å²) in [5, 5.41) is 11.5. The molecule has 4 amide bonds. The number of aryl methyl sites for hydroxylation is 1. The van der Waals surface area contributed by atoms with Crippen molar-refractivity contribution < 1.29 is 51.0 Å². The third-order valence-corrected chi connectivity index (χ3v) is 12.0. The molecule has 1 N–H and O–H groups in total. The Labute approximate surface area is 294 Å². The van der Waals surface area contributed by atoms with E-state index in [2.05, 4.69) is 0 Å². The van der Waals surface area contributed by atoms with Crippen molar-refractivity contribution in [3.8, 4) is 11.5 Å². The summed E-state index contributed by atoms with van der Waals surface area (Å²) in [5.41, 5.74) is -1.00. The van der Waals surface area contributed by atoms with Gasteiger partial charge in [0.05, 0.1) is 24.6 Å². The lowest BCUT2D eigenvalue weighted by Crippen LogP contribution is -2.60. The van der Waals surface area contributed by atoms with Gasteiger partial charge in [0.25, 0.3) is 11.8 Å². The van der Waals surface area contributed by atoms with Gasteiger partial charge in [-0.15, -0.1) is 23.2 Å². The van der Waals surface area contributed by atoms with Crippen LogP contribution in [0.2, 0.25) is 5.02 Å². The third kappa shape index (κ3) is 4.29. The van der Waals surface area contributed by atoms with Crippen molar-refractivity contribution in [2.24, 2.45) is 17.8 Å². The van der Waals surface area contributed by atoms with E-state index in [4.69, 9.17) is 39.5 Å². The molecule has 0 aromatic heterocycles. The standard InChI is InChI=1S/C34H22Cl3F5N2O6/c1-12-3-4-13(9-19(12)35)43-29(46)17-8-7-15-18(21(17)30(43)47)11-33(36)31(48)44(28-26(41)24(39)23(38)25(40)27(28)42)32(49)34(33,37)22(15)16-6-5-14(50-2)10-20(16)45/h3-7,9-10,17-18,21-22,45H,8,11H2,1-2H3. The van der Waals surface area contributed by atoms with Gasteiger partial charge in [0.2, 0.25) is 17.6 Å². The van der Waals surface area contributed by atoms with E-state index in [0.29, 0.717) is 5.56 Å². The number of fused-ring (bicyclic) bond motifs is 4. The second-order valence-corrected chi connectivity index (χ2v) is 14.2. The van der Waals surface area contributed by atoms with E-state index in [1.165, 1.54) is 37.5 Å². The molecule has 3 aromatic rings. The molecule has 50 heavy (non-hydrogen) atoms. The average molecular weight is 756 g/mol. The molecule has 2 aliphatic heterocycles. The van der Waals surface area contributed by atoms with Gasteiger partial charge < -0.3 is 9.84 Å². The fourth-order valence-electron chi connectivity index (χ4n) is 7.78. The first-order valence-corrected chi connectivity index (χ1v) is 16.1. The third-order valence-electron chi connectivity index (χ3n) is 10.2. The molecule has 0 bridgehead atoms. The molecule has 3 fully saturated rings. The van der Waals surface area contributed by atoms with Gasteiger partial charge in [-0.3, -0.25) is 19.2 Å². The molecule has 0 radical (unpaired) electrons. The smallest absolute Gasteiger partial charge is 0.258 e. The van der Waals surface area contributed by atoms with Crippen LogP contribution in [0, 0.1) is 53.8 Å². The molecule has 7 rings (SSSR count). The summed E-state index contributed by atoms with van der Waals surface area (Å²) >= 11 is 20.5. The second kappa shape index (κ2) is 11.4. The van der Waals surface area contributed by atoms with Crippen molar-refractivity contribution in [2.45, 2.75) is 35.4 Å². The Kier molecular flexibility index (Phi) is 7.82. The summed E-state index contributed by atoms with van der Waals surface area (Å²) in [7, 11) is 1.30. The number of phenols is 1. The Bertz CT molecular complexity index is 2100. The van der Waals surface area contributed by atoms with E-state index in [1.54, 1.807) is 13.0 Å². The first-order valence-electron chi connectivity index (χ1n) is 15.0. The quantitative estimate of drug-likeness (QED) is 0.0783. The molecule has 8 nitrogen and oxygen atoms in total. The zero-order valence-electron chi connectivity index (χ0n) is 25.7. The number of alkyl halides is 2. The molecule has 3 aromatic carbocycles. The number of ether oxygens (including phenoxy) is 1. The summed E-state index contributed by atoms with van der Waals surface area (Å²) in [6, 6.07) is 8.38. The minimum absolute atomic E-state index is 0.0731. The number of methoxy groups -OCH3 is 1. The number of phenolic OH excluding ortho intramolecular Hbond substituents is 1. The molecular weight excluding hydrogens is 734 g/mol. The van der Waals surface area contributed by atoms with Crippen LogP contribution in [0.1, 0.15) is 29.9 Å². The number of allylic oxidation sites excluding steroid dienone is 2. The topological polar surface area (TPSA) is 104 Å². The van der Waals surface area contributed by atoms with Crippen LogP contribution < -0.4 is 14.5 Å². The van der Waals surface area contributed by atoms with Gasteiger partial charge in [-0.05, 0) is 49.4 Å². The molecule has 260 valence electrons. The Morgan fingerprint density at radius 3 is 2.08 bits per heavy atom. The van der Waals surface area contributed by atoms with E-state index in [-0.39, 0.29) is 38.9 Å². The number of benzene rings is 3. The normalized spacial score (nSPS) is 28.9. The lowest BCUT2D eigenvalue weighted by molar-refractivity contribution is -0.125. The molecular formula is C34H22Cl3F5N2O6. The summed E-state index contributed by atoms with van der Waals surface area (Å²) in [6.45, 7) is 1.72. The predicted molar refractivity (Wildman–Crippen MR) is 170 cm³/mol. The van der Waals surface area contributed by atoms with E-state index in [9.17, 15) is 37.5 Å². The first-order chi connectivity index (χ1) is 23.5. The molecule has 6 atom stereocenters. The zero-order chi connectivity index (χ0) is 36.4. The number of hydrogen-bond acceptors (Lipinski definition) is 6. The number of aromatic hydroxyl groups is 1. The number of rotatable bonds is 4. The molecule has 6 unspecified atom stereocenters. The predicted octanol–water partition coefficient (Wildman–Crippen LogP) is 6.83. The number of hydrogen-bond donors (Lipinski definition) is 1. The van der Waals surface area contributed by atoms with Crippen LogP contribution in [-0.4, -0.2) is 45.6 Å². The van der Waals surface area contributed by atoms with Crippen LogP contribution in [0.25, 0.3) is 0 Å². The number of nitrogens with zero attached hydrogens (tertiary/aromatic N) is 2. The lowest BCUT2D eigenvalue weighted by Gasteiger charge is -2.50. The Hall–Kier alpha value is -4.20.